The lowest BCUT2D eigenvalue weighted by molar-refractivity contribution is 0.0746. The van der Waals surface area contributed by atoms with Crippen molar-refractivity contribution in [2.24, 2.45) is 0 Å². The first-order valence-electron chi connectivity index (χ1n) is 8.44. The Bertz CT molecular complexity index is 801. The predicted octanol–water partition coefficient (Wildman–Crippen LogP) is 3.62. The summed E-state index contributed by atoms with van der Waals surface area (Å²) >= 11 is 12.2. The van der Waals surface area contributed by atoms with Crippen molar-refractivity contribution in [2.75, 3.05) is 31.1 Å². The summed E-state index contributed by atoms with van der Waals surface area (Å²) in [5.74, 6) is 2.35. The highest BCUT2D eigenvalue weighted by Gasteiger charge is 2.28. The summed E-state index contributed by atoms with van der Waals surface area (Å²) in [5.41, 5.74) is 0.459. The molecule has 2 heterocycles. The number of benzene rings is 1. The molecule has 1 aliphatic heterocycles. The molecule has 0 bridgehead atoms. The molecule has 1 saturated carbocycles. The van der Waals surface area contributed by atoms with Gasteiger partial charge in [0.2, 0.25) is 0 Å². The Morgan fingerprint density at radius 3 is 2.56 bits per heavy atom. The van der Waals surface area contributed by atoms with Gasteiger partial charge in [-0.25, -0.2) is 9.97 Å². The van der Waals surface area contributed by atoms with E-state index in [1.165, 1.54) is 12.8 Å². The van der Waals surface area contributed by atoms with Crippen LogP contribution in [0.15, 0.2) is 30.5 Å². The minimum atomic E-state index is -0.0755. The van der Waals surface area contributed by atoms with Crippen molar-refractivity contribution < 1.29 is 4.79 Å². The number of amides is 1. The highest BCUT2D eigenvalue weighted by atomic mass is 35.5. The minimum absolute atomic E-state index is 0.0755. The van der Waals surface area contributed by atoms with E-state index in [1.54, 1.807) is 18.2 Å². The first-order chi connectivity index (χ1) is 12.1. The number of hydrogen-bond donors (Lipinski definition) is 0. The maximum absolute atomic E-state index is 12.7. The van der Waals surface area contributed by atoms with Crippen LogP contribution in [0.5, 0.6) is 0 Å². The van der Waals surface area contributed by atoms with Gasteiger partial charge in [-0.3, -0.25) is 4.79 Å². The largest absolute Gasteiger partial charge is 0.353 e. The van der Waals surface area contributed by atoms with Crippen molar-refractivity contribution in [3.8, 4) is 0 Å². The third kappa shape index (κ3) is 3.44. The number of hydrogen-bond acceptors (Lipinski definition) is 4. The van der Waals surface area contributed by atoms with E-state index in [2.05, 4.69) is 14.9 Å². The van der Waals surface area contributed by atoms with Gasteiger partial charge in [-0.05, 0) is 31.0 Å². The SMILES string of the molecule is O=C(c1cccc(Cl)c1Cl)N1CCN(c2ccnc(C3CC3)n2)CC1. The Labute approximate surface area is 156 Å². The number of aromatic nitrogens is 2. The number of nitrogens with zero attached hydrogens (tertiary/aromatic N) is 4. The molecule has 1 aliphatic carbocycles. The van der Waals surface area contributed by atoms with Gasteiger partial charge < -0.3 is 9.80 Å². The van der Waals surface area contributed by atoms with Gasteiger partial charge in [-0.15, -0.1) is 0 Å². The molecular weight excluding hydrogens is 359 g/mol. The molecule has 1 amide bonds. The Morgan fingerprint density at radius 1 is 1.08 bits per heavy atom. The molecule has 2 aromatic rings. The van der Waals surface area contributed by atoms with Crippen LogP contribution in [0.4, 0.5) is 5.82 Å². The van der Waals surface area contributed by atoms with Gasteiger partial charge in [0, 0.05) is 38.3 Å². The first-order valence-corrected chi connectivity index (χ1v) is 9.20. The lowest BCUT2D eigenvalue weighted by Crippen LogP contribution is -2.49. The highest BCUT2D eigenvalue weighted by Crippen LogP contribution is 2.38. The zero-order valence-electron chi connectivity index (χ0n) is 13.7. The molecule has 0 radical (unpaired) electrons. The zero-order valence-corrected chi connectivity index (χ0v) is 15.2. The molecule has 1 aromatic heterocycles. The fourth-order valence-electron chi connectivity index (χ4n) is 3.06. The quantitative estimate of drug-likeness (QED) is 0.820. The van der Waals surface area contributed by atoms with Crippen LogP contribution in [0.1, 0.15) is 34.9 Å². The fourth-order valence-corrected chi connectivity index (χ4v) is 3.44. The van der Waals surface area contributed by atoms with Gasteiger partial charge in [-0.2, -0.15) is 0 Å². The van der Waals surface area contributed by atoms with E-state index in [-0.39, 0.29) is 5.91 Å². The number of piperazine rings is 1. The fraction of sp³-hybridized carbons (Fsp3) is 0.389. The number of carbonyl (C=O) groups is 1. The normalized spacial score (nSPS) is 17.7. The molecule has 5 nitrogen and oxygen atoms in total. The summed E-state index contributed by atoms with van der Waals surface area (Å²) in [4.78, 5) is 25.8. The summed E-state index contributed by atoms with van der Waals surface area (Å²) in [6.45, 7) is 2.74. The van der Waals surface area contributed by atoms with E-state index in [0.717, 1.165) is 24.7 Å². The minimum Gasteiger partial charge on any atom is -0.353 e. The molecular formula is C18H18Cl2N4O. The van der Waals surface area contributed by atoms with Gasteiger partial charge >= 0.3 is 0 Å². The van der Waals surface area contributed by atoms with Crippen molar-refractivity contribution in [1.29, 1.82) is 0 Å². The van der Waals surface area contributed by atoms with Crippen LogP contribution in [0.25, 0.3) is 0 Å². The van der Waals surface area contributed by atoms with Crippen molar-refractivity contribution in [3.63, 3.8) is 0 Å². The van der Waals surface area contributed by atoms with Gasteiger partial charge in [-0.1, -0.05) is 29.3 Å². The van der Waals surface area contributed by atoms with Crippen molar-refractivity contribution in [2.45, 2.75) is 18.8 Å². The summed E-state index contributed by atoms with van der Waals surface area (Å²) in [7, 11) is 0. The Balaban J connectivity index is 1.43. The van der Waals surface area contributed by atoms with Crippen LogP contribution < -0.4 is 4.90 Å². The second kappa shape index (κ2) is 6.81. The summed E-state index contributed by atoms with van der Waals surface area (Å²) < 4.78 is 0. The standard InChI is InChI=1S/C18H18Cl2N4O/c19-14-3-1-2-13(16(14)20)18(25)24-10-8-23(9-11-24)15-6-7-21-17(22-15)12-4-5-12/h1-3,6-7,12H,4-5,8-11H2. The van der Waals surface area contributed by atoms with E-state index in [0.29, 0.717) is 34.6 Å². The molecule has 1 saturated heterocycles. The predicted molar refractivity (Wildman–Crippen MR) is 98.6 cm³/mol. The molecule has 0 N–H and O–H groups in total. The monoisotopic (exact) mass is 376 g/mol. The second-order valence-electron chi connectivity index (χ2n) is 6.43. The average Bonchev–Trinajstić information content (AvgIpc) is 3.49. The second-order valence-corrected chi connectivity index (χ2v) is 7.21. The van der Waals surface area contributed by atoms with E-state index in [4.69, 9.17) is 23.2 Å². The molecule has 2 aliphatic rings. The number of rotatable bonds is 3. The molecule has 0 unspecified atom stereocenters. The molecule has 25 heavy (non-hydrogen) atoms. The summed E-state index contributed by atoms with van der Waals surface area (Å²) in [5, 5.41) is 0.723. The number of anilines is 1. The first kappa shape index (κ1) is 16.6. The van der Waals surface area contributed by atoms with E-state index >= 15 is 0 Å². The molecule has 2 fully saturated rings. The van der Waals surface area contributed by atoms with Crippen LogP contribution in [0.3, 0.4) is 0 Å². The molecule has 4 rings (SSSR count). The van der Waals surface area contributed by atoms with E-state index < -0.39 is 0 Å². The van der Waals surface area contributed by atoms with Gasteiger partial charge in [0.1, 0.15) is 11.6 Å². The van der Waals surface area contributed by atoms with Crippen LogP contribution >= 0.6 is 23.2 Å². The lowest BCUT2D eigenvalue weighted by atomic mass is 10.1. The van der Waals surface area contributed by atoms with Crippen molar-refractivity contribution in [3.05, 3.63) is 51.9 Å². The zero-order chi connectivity index (χ0) is 17.4. The smallest absolute Gasteiger partial charge is 0.255 e. The van der Waals surface area contributed by atoms with Crippen LogP contribution in [0.2, 0.25) is 10.0 Å². The molecule has 7 heteroatoms. The Kier molecular flexibility index (Phi) is 4.52. The van der Waals surface area contributed by atoms with Crippen molar-refractivity contribution >= 4 is 34.9 Å². The van der Waals surface area contributed by atoms with E-state index in [1.807, 2.05) is 17.2 Å². The maximum Gasteiger partial charge on any atom is 0.255 e. The van der Waals surface area contributed by atoms with Gasteiger partial charge in [0.15, 0.2) is 0 Å². The number of halogens is 2. The summed E-state index contributed by atoms with van der Waals surface area (Å²) in [6, 6.07) is 7.09. The highest BCUT2D eigenvalue weighted by molar-refractivity contribution is 6.43. The Morgan fingerprint density at radius 2 is 1.84 bits per heavy atom. The van der Waals surface area contributed by atoms with Gasteiger partial charge in [0.05, 0.1) is 15.6 Å². The molecule has 0 atom stereocenters. The van der Waals surface area contributed by atoms with E-state index in [9.17, 15) is 4.79 Å². The van der Waals surface area contributed by atoms with Crippen LogP contribution in [-0.4, -0.2) is 47.0 Å². The van der Waals surface area contributed by atoms with Crippen molar-refractivity contribution in [1.82, 2.24) is 14.9 Å². The summed E-state index contributed by atoms with van der Waals surface area (Å²) in [6.07, 6.45) is 4.21. The lowest BCUT2D eigenvalue weighted by Gasteiger charge is -2.35. The Hall–Kier alpha value is -1.85. The molecule has 0 spiro atoms. The van der Waals surface area contributed by atoms with Gasteiger partial charge in [0.25, 0.3) is 5.91 Å². The van der Waals surface area contributed by atoms with Crippen LogP contribution in [-0.2, 0) is 0 Å². The van der Waals surface area contributed by atoms with Crippen LogP contribution in [0, 0.1) is 0 Å². The average molecular weight is 377 g/mol. The third-order valence-corrected chi connectivity index (χ3v) is 5.49. The third-order valence-electron chi connectivity index (χ3n) is 4.67. The maximum atomic E-state index is 12.7. The molecule has 1 aromatic carbocycles. The number of carbonyl (C=O) groups excluding carboxylic acids is 1. The molecule has 130 valence electrons. The topological polar surface area (TPSA) is 49.3 Å².